The minimum atomic E-state index is -0.779. The number of hydrogen-bond acceptors (Lipinski definition) is 3. The second-order valence-electron chi connectivity index (χ2n) is 4.81. The standard InChI is InChI=1S/C14H19NO3/c1-4-11(14(16)17)15-8-10(3)18-13-6-5-9(2)7-12(13)15/h5-7,10-11H,4,8H2,1-3H3,(H,16,17). The molecule has 1 heterocycles. The van der Waals surface area contributed by atoms with Crippen LogP contribution >= 0.6 is 0 Å². The number of benzene rings is 1. The van der Waals surface area contributed by atoms with Crippen LogP contribution in [0, 0.1) is 6.92 Å². The van der Waals surface area contributed by atoms with Crippen molar-refractivity contribution in [2.75, 3.05) is 11.4 Å². The third-order valence-electron chi connectivity index (χ3n) is 3.25. The first-order valence-electron chi connectivity index (χ1n) is 6.29. The number of carboxylic acids is 1. The molecule has 0 bridgehead atoms. The van der Waals surface area contributed by atoms with E-state index in [1.54, 1.807) is 0 Å². The van der Waals surface area contributed by atoms with E-state index in [0.717, 1.165) is 17.0 Å². The second-order valence-corrected chi connectivity index (χ2v) is 4.81. The molecule has 0 saturated heterocycles. The van der Waals surface area contributed by atoms with E-state index in [1.165, 1.54) is 0 Å². The summed E-state index contributed by atoms with van der Waals surface area (Å²) in [5, 5.41) is 9.32. The molecule has 98 valence electrons. The number of ether oxygens (including phenoxy) is 1. The fourth-order valence-electron chi connectivity index (χ4n) is 2.40. The summed E-state index contributed by atoms with van der Waals surface area (Å²) in [6.07, 6.45) is 0.587. The molecule has 1 aromatic carbocycles. The number of rotatable bonds is 3. The van der Waals surface area contributed by atoms with Gasteiger partial charge in [-0.3, -0.25) is 0 Å². The van der Waals surface area contributed by atoms with Gasteiger partial charge in [0.2, 0.25) is 0 Å². The molecular formula is C14H19NO3. The van der Waals surface area contributed by atoms with E-state index in [4.69, 9.17) is 4.74 Å². The molecule has 0 aliphatic carbocycles. The van der Waals surface area contributed by atoms with Crippen molar-refractivity contribution in [2.24, 2.45) is 0 Å². The van der Waals surface area contributed by atoms with Crippen molar-refractivity contribution in [1.82, 2.24) is 0 Å². The van der Waals surface area contributed by atoms with Crippen molar-refractivity contribution < 1.29 is 14.6 Å². The molecule has 0 amide bonds. The van der Waals surface area contributed by atoms with Crippen LogP contribution in [0.25, 0.3) is 0 Å². The van der Waals surface area contributed by atoms with Crippen molar-refractivity contribution in [3.05, 3.63) is 23.8 Å². The molecule has 1 aromatic rings. The molecule has 1 aliphatic heterocycles. The first kappa shape index (κ1) is 12.7. The molecule has 0 fully saturated rings. The molecule has 4 heteroatoms. The molecule has 0 aromatic heterocycles. The molecule has 0 radical (unpaired) electrons. The van der Waals surface area contributed by atoms with Gasteiger partial charge in [-0.1, -0.05) is 13.0 Å². The highest BCUT2D eigenvalue weighted by Crippen LogP contribution is 2.35. The van der Waals surface area contributed by atoms with Crippen LogP contribution in [0.5, 0.6) is 5.75 Å². The number of aliphatic carboxylic acids is 1. The summed E-state index contributed by atoms with van der Waals surface area (Å²) in [4.78, 5) is 13.3. The number of hydrogen-bond donors (Lipinski definition) is 1. The summed E-state index contributed by atoms with van der Waals surface area (Å²) in [5.74, 6) is -0.00175. The van der Waals surface area contributed by atoms with Crippen LogP contribution in [0.4, 0.5) is 5.69 Å². The Hall–Kier alpha value is -1.71. The lowest BCUT2D eigenvalue weighted by Gasteiger charge is -2.38. The Balaban J connectivity index is 2.43. The fraction of sp³-hybridized carbons (Fsp3) is 0.500. The van der Waals surface area contributed by atoms with Crippen LogP contribution in [-0.2, 0) is 4.79 Å². The van der Waals surface area contributed by atoms with E-state index >= 15 is 0 Å². The van der Waals surface area contributed by atoms with Gasteiger partial charge in [-0.05, 0) is 38.0 Å². The third kappa shape index (κ3) is 2.28. The molecule has 4 nitrogen and oxygen atoms in total. The average Bonchev–Trinajstić information content (AvgIpc) is 2.30. The van der Waals surface area contributed by atoms with Crippen LogP contribution in [0.2, 0.25) is 0 Å². The first-order valence-corrected chi connectivity index (χ1v) is 6.29. The Kier molecular flexibility index (Phi) is 3.45. The Morgan fingerprint density at radius 2 is 2.33 bits per heavy atom. The predicted octanol–water partition coefficient (Wildman–Crippen LogP) is 2.45. The normalized spacial score (nSPS) is 19.9. The van der Waals surface area contributed by atoms with Crippen LogP contribution < -0.4 is 9.64 Å². The molecule has 2 atom stereocenters. The van der Waals surface area contributed by atoms with Crippen LogP contribution in [-0.4, -0.2) is 29.8 Å². The molecule has 18 heavy (non-hydrogen) atoms. The summed E-state index contributed by atoms with van der Waals surface area (Å²) >= 11 is 0. The number of carboxylic acid groups (broad SMARTS) is 1. The third-order valence-corrected chi connectivity index (χ3v) is 3.25. The van der Waals surface area contributed by atoms with E-state index in [9.17, 15) is 9.90 Å². The van der Waals surface area contributed by atoms with Gasteiger partial charge in [-0.15, -0.1) is 0 Å². The van der Waals surface area contributed by atoms with Gasteiger partial charge in [-0.25, -0.2) is 4.79 Å². The van der Waals surface area contributed by atoms with Crippen molar-refractivity contribution in [1.29, 1.82) is 0 Å². The zero-order valence-corrected chi connectivity index (χ0v) is 11.0. The van der Waals surface area contributed by atoms with Crippen LogP contribution in [0.15, 0.2) is 18.2 Å². The highest BCUT2D eigenvalue weighted by atomic mass is 16.5. The highest BCUT2D eigenvalue weighted by molar-refractivity contribution is 5.80. The van der Waals surface area contributed by atoms with Gasteiger partial charge < -0.3 is 14.7 Å². The van der Waals surface area contributed by atoms with Crippen LogP contribution in [0.1, 0.15) is 25.8 Å². The van der Waals surface area contributed by atoms with Gasteiger partial charge >= 0.3 is 5.97 Å². The molecule has 2 rings (SSSR count). The lowest BCUT2D eigenvalue weighted by molar-refractivity contribution is -0.138. The van der Waals surface area contributed by atoms with Crippen molar-refractivity contribution in [3.63, 3.8) is 0 Å². The van der Waals surface area contributed by atoms with E-state index in [-0.39, 0.29) is 6.10 Å². The van der Waals surface area contributed by atoms with Gasteiger partial charge in [0.1, 0.15) is 17.9 Å². The number of carbonyl (C=O) groups is 1. The SMILES string of the molecule is CCC(C(=O)O)N1CC(C)Oc2ccc(C)cc21. The zero-order chi connectivity index (χ0) is 13.3. The van der Waals surface area contributed by atoms with Gasteiger partial charge in [0.15, 0.2) is 0 Å². The predicted molar refractivity (Wildman–Crippen MR) is 70.3 cm³/mol. The quantitative estimate of drug-likeness (QED) is 0.894. The van der Waals surface area contributed by atoms with E-state index in [2.05, 4.69) is 0 Å². The van der Waals surface area contributed by atoms with Gasteiger partial charge in [0, 0.05) is 0 Å². The molecule has 0 spiro atoms. The number of aryl methyl sites for hydroxylation is 1. The van der Waals surface area contributed by atoms with Crippen molar-refractivity contribution in [2.45, 2.75) is 39.3 Å². The Labute approximate surface area is 107 Å². The smallest absolute Gasteiger partial charge is 0.326 e. The maximum atomic E-state index is 11.3. The first-order chi connectivity index (χ1) is 8.52. The van der Waals surface area contributed by atoms with Gasteiger partial charge in [-0.2, -0.15) is 0 Å². The minimum absolute atomic E-state index is 0.00797. The Morgan fingerprint density at radius 1 is 1.61 bits per heavy atom. The maximum Gasteiger partial charge on any atom is 0.326 e. The van der Waals surface area contributed by atoms with E-state index in [1.807, 2.05) is 43.9 Å². The Morgan fingerprint density at radius 3 is 2.94 bits per heavy atom. The van der Waals surface area contributed by atoms with Crippen molar-refractivity contribution >= 4 is 11.7 Å². The average molecular weight is 249 g/mol. The Bertz CT molecular complexity index is 458. The van der Waals surface area contributed by atoms with E-state index < -0.39 is 12.0 Å². The number of fused-ring (bicyclic) bond motifs is 1. The largest absolute Gasteiger partial charge is 0.487 e. The van der Waals surface area contributed by atoms with Gasteiger partial charge in [0.25, 0.3) is 0 Å². The lowest BCUT2D eigenvalue weighted by atomic mass is 10.1. The monoisotopic (exact) mass is 249 g/mol. The molecule has 0 saturated carbocycles. The summed E-state index contributed by atoms with van der Waals surface area (Å²) in [6, 6.07) is 5.41. The van der Waals surface area contributed by atoms with E-state index in [0.29, 0.717) is 13.0 Å². The minimum Gasteiger partial charge on any atom is -0.487 e. The topological polar surface area (TPSA) is 49.8 Å². The molecule has 2 unspecified atom stereocenters. The summed E-state index contributed by atoms with van der Waals surface area (Å²) in [5.41, 5.74) is 2.00. The lowest BCUT2D eigenvalue weighted by Crippen LogP contribution is -2.48. The number of nitrogens with zero attached hydrogens (tertiary/aromatic N) is 1. The maximum absolute atomic E-state index is 11.3. The summed E-state index contributed by atoms with van der Waals surface area (Å²) in [7, 11) is 0. The summed E-state index contributed by atoms with van der Waals surface area (Å²) in [6.45, 7) is 6.47. The zero-order valence-electron chi connectivity index (χ0n) is 11.0. The van der Waals surface area contributed by atoms with Gasteiger partial charge in [0.05, 0.1) is 12.2 Å². The molecule has 1 aliphatic rings. The molecule has 1 N–H and O–H groups in total. The van der Waals surface area contributed by atoms with Crippen LogP contribution in [0.3, 0.4) is 0 Å². The molecular weight excluding hydrogens is 230 g/mol. The second kappa shape index (κ2) is 4.88. The summed E-state index contributed by atoms with van der Waals surface area (Å²) < 4.78 is 5.76. The fourth-order valence-corrected chi connectivity index (χ4v) is 2.40. The number of anilines is 1. The highest BCUT2D eigenvalue weighted by Gasteiger charge is 2.31. The van der Waals surface area contributed by atoms with Crippen molar-refractivity contribution in [3.8, 4) is 5.75 Å².